The van der Waals surface area contributed by atoms with Gasteiger partial charge in [-0.1, -0.05) is 644 Å². The van der Waals surface area contributed by atoms with Gasteiger partial charge in [0.2, 0.25) is 0 Å². The Morgan fingerprint density at radius 1 is 0.0714 bits per heavy atom. The van der Waals surface area contributed by atoms with E-state index in [1.54, 1.807) is 0 Å². The third kappa shape index (κ3) is 131. The molecule has 0 aromatic carbocycles. The summed E-state index contributed by atoms with van der Waals surface area (Å²) >= 11 is 0. The molecule has 0 unspecified atom stereocenters. The third-order valence-electron chi connectivity index (χ3n) is 25.0. The van der Waals surface area contributed by atoms with Crippen LogP contribution >= 0.6 is 0 Å². The first-order valence-corrected chi connectivity index (χ1v) is 54.1. The normalized spacial score (nSPS) is 11.4. The third-order valence-corrected chi connectivity index (χ3v) is 25.0. The molecular formula is C108H224O4. The Hall–Kier alpha value is -0.160. The highest BCUT2D eigenvalue weighted by atomic mass is 16.3. The van der Waals surface area contributed by atoms with Gasteiger partial charge in [0.15, 0.2) is 0 Å². The molecule has 0 aromatic heterocycles. The van der Waals surface area contributed by atoms with Crippen LogP contribution in [0.1, 0.15) is 670 Å². The predicted octanol–water partition coefficient (Wildman–Crippen LogP) is 39.0. The molecule has 4 N–H and O–H groups in total. The average Bonchev–Trinajstić information content (AvgIpc) is 3.57. The van der Waals surface area contributed by atoms with Gasteiger partial charge in [0, 0.05) is 26.4 Å². The molecular weight excluding hydrogens is 1360 g/mol. The topological polar surface area (TPSA) is 80.9 Å². The number of rotatable bonds is 100. The summed E-state index contributed by atoms with van der Waals surface area (Å²) in [7, 11) is 0. The molecule has 0 aliphatic heterocycles. The number of hydrogen-bond donors (Lipinski definition) is 4. The molecule has 0 aliphatic rings. The number of hydrogen-bond acceptors (Lipinski definition) is 4. The molecule has 0 fully saturated rings. The van der Waals surface area contributed by atoms with Crippen LogP contribution < -0.4 is 0 Å². The van der Waals surface area contributed by atoms with Gasteiger partial charge < -0.3 is 20.4 Å². The van der Waals surface area contributed by atoms with Gasteiger partial charge in [-0.2, -0.15) is 0 Å². The summed E-state index contributed by atoms with van der Waals surface area (Å²) in [6, 6.07) is 0. The van der Waals surface area contributed by atoms with E-state index in [-0.39, 0.29) is 0 Å². The lowest BCUT2D eigenvalue weighted by molar-refractivity contribution is 0.282. The van der Waals surface area contributed by atoms with Crippen molar-refractivity contribution in [2.45, 2.75) is 670 Å². The van der Waals surface area contributed by atoms with E-state index in [4.69, 9.17) is 20.4 Å². The molecule has 0 aromatic rings. The maximum absolute atomic E-state index is 8.76. The first kappa shape index (κ1) is 118. The molecule has 0 rings (SSSR count). The van der Waals surface area contributed by atoms with Crippen molar-refractivity contribution < 1.29 is 20.4 Å². The SMILES string of the molecule is CCCCCCCCCCCCCCCCCCCCCCCCCCCCCCO.CCCCCCCCCCCCCCCCCCCCCCCCCCCCO.CCCCCCCCCCCCCCCCCCCCCCCCCCO.CCCCCCCCCCCCCCCCCCCCCCCCO. The molecule has 0 bridgehead atoms. The van der Waals surface area contributed by atoms with Crippen molar-refractivity contribution in [2.24, 2.45) is 0 Å². The van der Waals surface area contributed by atoms with Gasteiger partial charge in [-0.25, -0.2) is 0 Å². The second kappa shape index (κ2) is 124. The highest BCUT2D eigenvalue weighted by Crippen LogP contribution is 2.23. The average molecular weight is 1590 g/mol. The van der Waals surface area contributed by atoms with Crippen molar-refractivity contribution in [1.82, 2.24) is 0 Å². The summed E-state index contributed by atoms with van der Waals surface area (Å²) in [5, 5.41) is 35.0. The molecule has 0 amide bonds. The fraction of sp³-hybridized carbons (Fsp3) is 1.00. The Morgan fingerprint density at radius 3 is 0.161 bits per heavy atom. The second-order valence-corrected chi connectivity index (χ2v) is 36.8. The van der Waals surface area contributed by atoms with Gasteiger partial charge in [0.1, 0.15) is 0 Å². The predicted molar refractivity (Wildman–Crippen MR) is 513 cm³/mol. The Kier molecular flexibility index (Phi) is 131. The van der Waals surface area contributed by atoms with Crippen LogP contribution in [0.4, 0.5) is 0 Å². The van der Waals surface area contributed by atoms with Crippen LogP contribution in [0.2, 0.25) is 0 Å². The molecule has 0 spiro atoms. The van der Waals surface area contributed by atoms with Crippen molar-refractivity contribution in [3.05, 3.63) is 0 Å². The van der Waals surface area contributed by atoms with Crippen LogP contribution in [0.3, 0.4) is 0 Å². The van der Waals surface area contributed by atoms with Crippen LogP contribution in [0.5, 0.6) is 0 Å². The Bertz CT molecular complexity index is 1320. The zero-order valence-electron chi connectivity index (χ0n) is 79.3. The lowest BCUT2D eigenvalue weighted by atomic mass is 10.0. The molecule has 0 aliphatic carbocycles. The van der Waals surface area contributed by atoms with E-state index in [9.17, 15) is 0 Å². The van der Waals surface area contributed by atoms with Gasteiger partial charge in [0.05, 0.1) is 0 Å². The van der Waals surface area contributed by atoms with Gasteiger partial charge in [-0.15, -0.1) is 0 Å². The van der Waals surface area contributed by atoms with E-state index in [1.165, 1.54) is 616 Å². The molecule has 4 nitrogen and oxygen atoms in total. The van der Waals surface area contributed by atoms with Crippen molar-refractivity contribution in [3.8, 4) is 0 Å². The molecule has 4 heteroatoms. The molecule has 0 heterocycles. The van der Waals surface area contributed by atoms with Crippen molar-refractivity contribution in [1.29, 1.82) is 0 Å². The minimum atomic E-state index is 0.374. The fourth-order valence-electron chi connectivity index (χ4n) is 17.0. The van der Waals surface area contributed by atoms with Gasteiger partial charge >= 0.3 is 0 Å². The van der Waals surface area contributed by atoms with E-state index >= 15 is 0 Å². The first-order valence-electron chi connectivity index (χ1n) is 54.1. The highest BCUT2D eigenvalue weighted by Gasteiger charge is 2.03. The van der Waals surface area contributed by atoms with Gasteiger partial charge in [-0.3, -0.25) is 0 Å². The van der Waals surface area contributed by atoms with Crippen molar-refractivity contribution in [3.63, 3.8) is 0 Å². The van der Waals surface area contributed by atoms with E-state index in [0.717, 1.165) is 25.7 Å². The van der Waals surface area contributed by atoms with Crippen LogP contribution in [0.25, 0.3) is 0 Å². The lowest BCUT2D eigenvalue weighted by Crippen LogP contribution is -1.85. The Morgan fingerprint density at radius 2 is 0.116 bits per heavy atom. The lowest BCUT2D eigenvalue weighted by Gasteiger charge is -2.04. The van der Waals surface area contributed by atoms with E-state index < -0.39 is 0 Å². The quantitative estimate of drug-likeness (QED) is 0.0458. The smallest absolute Gasteiger partial charge is 0.0431 e. The van der Waals surface area contributed by atoms with Crippen molar-refractivity contribution in [2.75, 3.05) is 26.4 Å². The summed E-state index contributed by atoms with van der Waals surface area (Å²) in [5.74, 6) is 0. The summed E-state index contributed by atoms with van der Waals surface area (Å²) in [6.07, 6.45) is 142. The monoisotopic (exact) mass is 1590 g/mol. The summed E-state index contributed by atoms with van der Waals surface area (Å²) in [5.41, 5.74) is 0. The summed E-state index contributed by atoms with van der Waals surface area (Å²) in [4.78, 5) is 0. The molecule has 0 saturated carbocycles. The Labute approximate surface area is 712 Å². The minimum absolute atomic E-state index is 0.374. The maximum atomic E-state index is 8.76. The van der Waals surface area contributed by atoms with Gasteiger partial charge in [0.25, 0.3) is 0 Å². The molecule has 0 saturated heterocycles. The van der Waals surface area contributed by atoms with Gasteiger partial charge in [-0.05, 0) is 25.7 Å². The molecule has 112 heavy (non-hydrogen) atoms. The standard InChI is InChI=1S/C30H62O.C28H58O.C26H54O.C24H50O/c1-2-3-4-5-6-7-8-9-10-11-12-13-14-15-16-17-18-19-20-21-22-23-24-25-26-27-28-29-30-31;1-2-3-4-5-6-7-8-9-10-11-12-13-14-15-16-17-18-19-20-21-22-23-24-25-26-27-28-29;1-2-3-4-5-6-7-8-9-10-11-12-13-14-15-16-17-18-19-20-21-22-23-24-25-26-27;1-2-3-4-5-6-7-8-9-10-11-12-13-14-15-16-17-18-19-20-21-22-23-24-25/h31H,2-30H2,1H3;29H,2-28H2,1H3;27H,2-26H2,1H3;25H,2-24H2,1H3. The summed E-state index contributed by atoms with van der Waals surface area (Å²) in [6.45, 7) is 10.7. The molecule has 680 valence electrons. The zero-order valence-corrected chi connectivity index (χ0v) is 79.3. The number of aliphatic hydroxyl groups is 4. The number of unbranched alkanes of at least 4 members (excludes halogenated alkanes) is 96. The van der Waals surface area contributed by atoms with Crippen LogP contribution in [0, 0.1) is 0 Å². The van der Waals surface area contributed by atoms with Crippen LogP contribution in [0.15, 0.2) is 0 Å². The highest BCUT2D eigenvalue weighted by molar-refractivity contribution is 4.59. The van der Waals surface area contributed by atoms with Crippen molar-refractivity contribution >= 4 is 0 Å². The molecule has 0 atom stereocenters. The maximum Gasteiger partial charge on any atom is 0.0431 e. The van der Waals surface area contributed by atoms with Crippen LogP contribution in [-0.4, -0.2) is 46.9 Å². The summed E-state index contributed by atoms with van der Waals surface area (Å²) < 4.78 is 0. The minimum Gasteiger partial charge on any atom is -0.396 e. The molecule has 0 radical (unpaired) electrons. The first-order chi connectivity index (χ1) is 55.7. The van der Waals surface area contributed by atoms with E-state index in [1.807, 2.05) is 0 Å². The van der Waals surface area contributed by atoms with E-state index in [2.05, 4.69) is 27.7 Å². The second-order valence-electron chi connectivity index (χ2n) is 36.8. The largest absolute Gasteiger partial charge is 0.396 e. The fourth-order valence-corrected chi connectivity index (χ4v) is 17.0. The zero-order chi connectivity index (χ0) is 81.5. The number of aliphatic hydroxyl groups excluding tert-OH is 4. The Balaban J connectivity index is -0.000000696. The van der Waals surface area contributed by atoms with Crippen LogP contribution in [-0.2, 0) is 0 Å². The van der Waals surface area contributed by atoms with E-state index in [0.29, 0.717) is 26.4 Å².